The summed E-state index contributed by atoms with van der Waals surface area (Å²) in [5.41, 5.74) is 4.46. The van der Waals surface area contributed by atoms with E-state index in [1.807, 2.05) is 36.9 Å². The Morgan fingerprint density at radius 2 is 1.96 bits per heavy atom. The molecule has 7 nitrogen and oxygen atoms in total. The lowest BCUT2D eigenvalue weighted by Gasteiger charge is -2.13. The van der Waals surface area contributed by atoms with E-state index in [1.54, 1.807) is 7.11 Å². The topological polar surface area (TPSA) is 72.7 Å². The van der Waals surface area contributed by atoms with Crippen molar-refractivity contribution in [3.05, 3.63) is 40.7 Å². The first-order valence-electron chi connectivity index (χ1n) is 9.81. The van der Waals surface area contributed by atoms with Crippen LogP contribution in [0.3, 0.4) is 0 Å². The van der Waals surface area contributed by atoms with Crippen molar-refractivity contribution in [2.45, 2.75) is 47.2 Å². The molecular weight excluding hydrogens is 354 g/mol. The van der Waals surface area contributed by atoms with Crippen molar-refractivity contribution in [1.82, 2.24) is 20.4 Å². The predicted octanol–water partition coefficient (Wildman–Crippen LogP) is 3.09. The van der Waals surface area contributed by atoms with E-state index in [0.29, 0.717) is 19.7 Å². The van der Waals surface area contributed by atoms with Crippen molar-refractivity contribution >= 4 is 5.96 Å². The van der Waals surface area contributed by atoms with Crippen LogP contribution in [0.15, 0.2) is 23.2 Å². The molecule has 0 aliphatic rings. The van der Waals surface area contributed by atoms with Gasteiger partial charge in [-0.05, 0) is 44.9 Å². The summed E-state index contributed by atoms with van der Waals surface area (Å²) in [6.45, 7) is 11.0. The fraction of sp³-hybridized carbons (Fsp3) is 0.524. The van der Waals surface area contributed by atoms with Crippen LogP contribution in [0.25, 0.3) is 0 Å². The molecule has 0 saturated heterocycles. The molecule has 1 aromatic carbocycles. The number of hydrogen-bond acceptors (Lipinski definition) is 4. The van der Waals surface area contributed by atoms with Crippen LogP contribution >= 0.6 is 0 Å². The maximum absolute atomic E-state index is 5.71. The number of ether oxygens (including phenoxy) is 2. The van der Waals surface area contributed by atoms with E-state index in [-0.39, 0.29) is 0 Å². The van der Waals surface area contributed by atoms with E-state index in [4.69, 9.17) is 14.5 Å². The molecule has 0 aliphatic heterocycles. The van der Waals surface area contributed by atoms with Gasteiger partial charge >= 0.3 is 0 Å². The van der Waals surface area contributed by atoms with Gasteiger partial charge in [-0.2, -0.15) is 5.10 Å². The number of hydrogen-bond donors (Lipinski definition) is 2. The second-order valence-electron chi connectivity index (χ2n) is 6.66. The van der Waals surface area contributed by atoms with Crippen LogP contribution in [0.1, 0.15) is 42.8 Å². The Kier molecular flexibility index (Phi) is 8.17. The van der Waals surface area contributed by atoms with Crippen molar-refractivity contribution in [2.75, 3.05) is 20.3 Å². The van der Waals surface area contributed by atoms with Gasteiger partial charge in [0.1, 0.15) is 0 Å². The maximum atomic E-state index is 5.71. The fourth-order valence-corrected chi connectivity index (χ4v) is 2.90. The summed E-state index contributed by atoms with van der Waals surface area (Å²) in [5, 5.41) is 11.2. The van der Waals surface area contributed by atoms with Gasteiger partial charge in [-0.25, -0.2) is 4.99 Å². The van der Waals surface area contributed by atoms with Gasteiger partial charge in [-0.3, -0.25) is 4.68 Å². The number of benzene rings is 1. The van der Waals surface area contributed by atoms with Crippen molar-refractivity contribution in [2.24, 2.45) is 12.0 Å². The Morgan fingerprint density at radius 1 is 1.18 bits per heavy atom. The minimum atomic E-state index is 0.546. The van der Waals surface area contributed by atoms with E-state index in [9.17, 15) is 0 Å². The van der Waals surface area contributed by atoms with Gasteiger partial charge in [-0.1, -0.05) is 13.0 Å². The van der Waals surface area contributed by atoms with Crippen LogP contribution in [0, 0.1) is 13.8 Å². The average molecular weight is 388 g/mol. The number of rotatable bonds is 9. The van der Waals surface area contributed by atoms with Gasteiger partial charge in [0.05, 0.1) is 26.0 Å². The highest BCUT2D eigenvalue weighted by molar-refractivity contribution is 5.79. The van der Waals surface area contributed by atoms with Gasteiger partial charge in [0.25, 0.3) is 0 Å². The van der Waals surface area contributed by atoms with Crippen molar-refractivity contribution in [3.63, 3.8) is 0 Å². The van der Waals surface area contributed by atoms with Gasteiger partial charge in [-0.15, -0.1) is 0 Å². The first kappa shape index (κ1) is 21.6. The molecule has 28 heavy (non-hydrogen) atoms. The number of nitrogens with zero attached hydrogens (tertiary/aromatic N) is 3. The molecule has 0 spiro atoms. The number of guanidine groups is 1. The molecule has 1 aromatic heterocycles. The number of aliphatic imine (C=N–C) groups is 1. The Morgan fingerprint density at radius 3 is 2.57 bits per heavy atom. The minimum absolute atomic E-state index is 0.546. The monoisotopic (exact) mass is 387 g/mol. The van der Waals surface area contributed by atoms with Gasteiger partial charge in [0.2, 0.25) is 0 Å². The molecule has 0 atom stereocenters. The Bertz CT molecular complexity index is 798. The van der Waals surface area contributed by atoms with E-state index in [1.165, 1.54) is 5.56 Å². The molecule has 0 bridgehead atoms. The van der Waals surface area contributed by atoms with Crippen LogP contribution < -0.4 is 20.1 Å². The molecule has 0 fully saturated rings. The second kappa shape index (κ2) is 10.6. The van der Waals surface area contributed by atoms with Crippen molar-refractivity contribution in [1.29, 1.82) is 0 Å². The Hall–Kier alpha value is -2.70. The van der Waals surface area contributed by atoms with Crippen molar-refractivity contribution < 1.29 is 9.47 Å². The molecule has 7 heteroatoms. The fourth-order valence-electron chi connectivity index (χ4n) is 2.90. The third-order valence-electron chi connectivity index (χ3n) is 4.55. The molecule has 0 unspecified atom stereocenters. The molecular formula is C21H33N5O2. The molecule has 1 heterocycles. The minimum Gasteiger partial charge on any atom is -0.493 e. The largest absolute Gasteiger partial charge is 0.493 e. The Balaban J connectivity index is 2.07. The highest BCUT2D eigenvalue weighted by Crippen LogP contribution is 2.28. The lowest BCUT2D eigenvalue weighted by atomic mass is 10.2. The van der Waals surface area contributed by atoms with Crippen LogP contribution in [0.5, 0.6) is 11.5 Å². The Labute approximate surface area is 168 Å². The van der Waals surface area contributed by atoms with Crippen LogP contribution in [0.2, 0.25) is 0 Å². The molecule has 2 aromatic rings. The summed E-state index contributed by atoms with van der Waals surface area (Å²) in [6.07, 6.45) is 0.961. The van der Waals surface area contributed by atoms with Crippen LogP contribution in [-0.2, 0) is 20.1 Å². The second-order valence-corrected chi connectivity index (χ2v) is 6.66. The maximum Gasteiger partial charge on any atom is 0.191 e. The average Bonchev–Trinajstić information content (AvgIpc) is 2.94. The van der Waals surface area contributed by atoms with Gasteiger partial charge in [0, 0.05) is 31.4 Å². The lowest BCUT2D eigenvalue weighted by Crippen LogP contribution is -2.37. The first-order chi connectivity index (χ1) is 13.5. The number of methoxy groups -OCH3 is 1. The highest BCUT2D eigenvalue weighted by Gasteiger charge is 2.10. The highest BCUT2D eigenvalue weighted by atomic mass is 16.5. The summed E-state index contributed by atoms with van der Waals surface area (Å²) in [5.74, 6) is 2.28. The summed E-state index contributed by atoms with van der Waals surface area (Å²) < 4.78 is 13.1. The molecule has 0 amide bonds. The van der Waals surface area contributed by atoms with Crippen molar-refractivity contribution in [3.8, 4) is 11.5 Å². The van der Waals surface area contributed by atoms with Crippen LogP contribution in [0.4, 0.5) is 0 Å². The number of aromatic nitrogens is 2. The van der Waals surface area contributed by atoms with Crippen LogP contribution in [-0.4, -0.2) is 36.0 Å². The number of nitrogens with one attached hydrogen (secondary N) is 2. The zero-order chi connectivity index (χ0) is 20.5. The van der Waals surface area contributed by atoms with E-state index < -0.39 is 0 Å². The summed E-state index contributed by atoms with van der Waals surface area (Å²) in [4.78, 5) is 4.70. The molecule has 2 rings (SSSR count). The third kappa shape index (κ3) is 5.65. The van der Waals surface area contributed by atoms with E-state index >= 15 is 0 Å². The first-order valence-corrected chi connectivity index (χ1v) is 9.81. The molecule has 0 radical (unpaired) electrons. The zero-order valence-electron chi connectivity index (χ0n) is 17.9. The lowest BCUT2D eigenvalue weighted by molar-refractivity contribution is 0.294. The van der Waals surface area contributed by atoms with Gasteiger partial charge < -0.3 is 20.1 Å². The summed E-state index contributed by atoms with van der Waals surface area (Å²) >= 11 is 0. The summed E-state index contributed by atoms with van der Waals surface area (Å²) in [7, 11) is 3.62. The smallest absolute Gasteiger partial charge is 0.191 e. The quantitative estimate of drug-likeness (QED) is 0.511. The predicted molar refractivity (Wildman–Crippen MR) is 113 cm³/mol. The summed E-state index contributed by atoms with van der Waals surface area (Å²) in [6, 6.07) is 5.95. The molecule has 0 saturated carbocycles. The zero-order valence-corrected chi connectivity index (χ0v) is 17.9. The SMILES string of the molecule is CCCOc1ccc(CN=C(NCC)NCc2c(C)nn(C)c2C)cc1OC. The number of aryl methyl sites for hydroxylation is 2. The van der Waals surface area contributed by atoms with E-state index in [0.717, 1.165) is 47.4 Å². The standard InChI is InChI=1S/C21H33N5O2/c1-7-11-28-19-10-9-17(12-20(19)27-6)13-23-21(22-8-2)24-14-18-15(3)25-26(5)16(18)4/h9-10,12H,7-8,11,13-14H2,1-6H3,(H2,22,23,24). The third-order valence-corrected chi connectivity index (χ3v) is 4.55. The normalized spacial score (nSPS) is 11.4. The molecule has 2 N–H and O–H groups in total. The molecule has 154 valence electrons. The van der Waals surface area contributed by atoms with E-state index in [2.05, 4.69) is 36.5 Å². The molecule has 0 aliphatic carbocycles. The van der Waals surface area contributed by atoms with Gasteiger partial charge in [0.15, 0.2) is 17.5 Å².